The van der Waals surface area contributed by atoms with Crippen LogP contribution in [0.3, 0.4) is 0 Å². The lowest BCUT2D eigenvalue weighted by atomic mass is 9.76. The first-order chi connectivity index (χ1) is 50.7. The number of carboxylic acid groups (broad SMARTS) is 1. The van der Waals surface area contributed by atoms with Crippen LogP contribution in [0.2, 0.25) is 10.0 Å². The highest BCUT2D eigenvalue weighted by Gasteiger charge is 2.56. The second-order valence-electron chi connectivity index (χ2n) is 25.0. The number of esters is 7. The summed E-state index contributed by atoms with van der Waals surface area (Å²) in [6, 6.07) is 59.9. The van der Waals surface area contributed by atoms with E-state index in [1.54, 1.807) is 48.5 Å². The predicted molar refractivity (Wildman–Crippen MR) is 399 cm³/mol. The number of ether oxygens (including phenoxy) is 9. The third kappa shape index (κ3) is 13.3. The normalized spacial score (nSPS) is 14.7. The second-order valence-corrected chi connectivity index (χ2v) is 25.8. The van der Waals surface area contributed by atoms with E-state index < -0.39 is 59.0 Å². The van der Waals surface area contributed by atoms with Gasteiger partial charge in [-0.05, 0) is 104 Å². The molecular weight excluding hydrogens is 1410 g/mol. The summed E-state index contributed by atoms with van der Waals surface area (Å²) >= 11 is 13.4. The minimum Gasteiger partial charge on any atom is -0.481 e. The van der Waals surface area contributed by atoms with Crippen molar-refractivity contribution in [2.75, 3.05) is 0 Å². The number of fused-ring (bicyclic) bond motifs is 16. The lowest BCUT2D eigenvalue weighted by Gasteiger charge is -2.37. The number of hydrogen-bond donors (Lipinski definition) is 1. The van der Waals surface area contributed by atoms with Gasteiger partial charge < -0.3 is 53.2 Å². The Labute approximate surface area is 620 Å². The van der Waals surface area contributed by atoms with Crippen molar-refractivity contribution in [1.29, 1.82) is 0 Å². The van der Waals surface area contributed by atoms with Gasteiger partial charge in [0, 0.05) is 128 Å². The molecule has 12 aromatic rings. The first-order valence-corrected chi connectivity index (χ1v) is 33.7. The van der Waals surface area contributed by atoms with Gasteiger partial charge in [-0.1, -0.05) is 157 Å². The molecule has 4 heterocycles. The SMILES string of the molecule is CC(=O)O.CC(=O)OC(C)=C=O.CC(=O)Oc1cc2c(cc1Cl)C1(OC(=O)c3ccccc31)c1cc(-c3c4ccccc4c(C)c4ccccc34)c(OC(C)=O)cc1O2.CC(=O)Oc1cc2c(cc1Cl)C1(OC(=O)c3ccccc31)c1cc(-c3c4ccccc4c(C)c4ccccc34)c(OC(C)=O)cc1O2.O. The third-order valence-electron chi connectivity index (χ3n) is 18.1. The van der Waals surface area contributed by atoms with Gasteiger partial charge in [0.15, 0.2) is 34.4 Å². The van der Waals surface area contributed by atoms with E-state index in [2.05, 4.69) is 42.8 Å². The van der Waals surface area contributed by atoms with Gasteiger partial charge in [-0.3, -0.25) is 28.8 Å². The van der Waals surface area contributed by atoms with Gasteiger partial charge in [-0.25, -0.2) is 14.4 Å². The van der Waals surface area contributed by atoms with Gasteiger partial charge >= 0.3 is 41.8 Å². The van der Waals surface area contributed by atoms with Gasteiger partial charge in [0.2, 0.25) is 0 Å². The monoisotopic (exact) mass is 1470 g/mol. The fourth-order valence-corrected chi connectivity index (χ4v) is 14.6. The number of halogens is 2. The molecule has 0 amide bonds. The number of hydrogen-bond acceptors (Lipinski definition) is 18. The summed E-state index contributed by atoms with van der Waals surface area (Å²) in [7, 11) is 0. The molecule has 107 heavy (non-hydrogen) atoms. The molecule has 20 nitrogen and oxygen atoms in total. The maximum Gasteiger partial charge on any atom is 0.340 e. The molecule has 16 rings (SSSR count). The van der Waals surface area contributed by atoms with Crippen LogP contribution in [0, 0.1) is 13.8 Å². The molecular formula is C85H62Cl2O20. The molecule has 536 valence electrons. The average Bonchev–Trinajstić information content (AvgIpc) is 1.66. The molecule has 12 aromatic carbocycles. The number of benzene rings is 12. The Morgan fingerprint density at radius 3 is 0.935 bits per heavy atom. The fourth-order valence-electron chi connectivity index (χ4n) is 14.2. The van der Waals surface area contributed by atoms with Crippen molar-refractivity contribution in [3.63, 3.8) is 0 Å². The average molecular weight is 1470 g/mol. The number of allylic oxidation sites excluding steroid dienone is 1. The highest BCUT2D eigenvalue weighted by Crippen LogP contribution is 2.62. The largest absolute Gasteiger partial charge is 0.481 e. The maximum absolute atomic E-state index is 13.6. The van der Waals surface area contributed by atoms with Gasteiger partial charge in [0.25, 0.3) is 5.97 Å². The summed E-state index contributed by atoms with van der Waals surface area (Å²) in [4.78, 5) is 105. The Bertz CT molecular complexity index is 5440. The summed E-state index contributed by atoms with van der Waals surface area (Å²) < 4.78 is 52.5. The zero-order chi connectivity index (χ0) is 75.4. The molecule has 0 bridgehead atoms. The molecule has 4 aliphatic heterocycles. The molecule has 0 aromatic heterocycles. The van der Waals surface area contributed by atoms with E-state index in [-0.39, 0.29) is 55.8 Å². The Morgan fingerprint density at radius 1 is 0.374 bits per heavy atom. The fraction of sp³-hybridized carbons (Fsp3) is 0.129. The van der Waals surface area contributed by atoms with Crippen molar-refractivity contribution in [1.82, 2.24) is 0 Å². The minimum atomic E-state index is -1.49. The smallest absolute Gasteiger partial charge is 0.340 e. The first kappa shape index (κ1) is 73.8. The van der Waals surface area contributed by atoms with E-state index in [1.165, 1.54) is 59.6 Å². The molecule has 3 N–H and O–H groups in total. The summed E-state index contributed by atoms with van der Waals surface area (Å²) in [5.41, 5.74) is 6.09. The van der Waals surface area contributed by atoms with E-state index >= 15 is 0 Å². The van der Waals surface area contributed by atoms with Gasteiger partial charge in [0.05, 0.1) is 21.2 Å². The van der Waals surface area contributed by atoms with Crippen LogP contribution in [-0.2, 0) is 59.0 Å². The molecule has 0 fully saturated rings. The molecule has 22 heteroatoms. The van der Waals surface area contributed by atoms with Crippen molar-refractivity contribution in [3.05, 3.63) is 266 Å². The van der Waals surface area contributed by atoms with Crippen LogP contribution in [-0.4, -0.2) is 64.3 Å². The molecule has 0 radical (unpaired) electrons. The summed E-state index contributed by atoms with van der Waals surface area (Å²) in [6.45, 7) is 13.1. The summed E-state index contributed by atoms with van der Waals surface area (Å²) in [5.74, 6) is -1.32. The van der Waals surface area contributed by atoms with E-state index in [1.807, 2.05) is 109 Å². The van der Waals surface area contributed by atoms with E-state index in [0.29, 0.717) is 67.1 Å². The van der Waals surface area contributed by atoms with Crippen LogP contribution in [0.15, 0.2) is 200 Å². The van der Waals surface area contributed by atoms with Crippen LogP contribution in [0.4, 0.5) is 0 Å². The van der Waals surface area contributed by atoms with Gasteiger partial charge in [-0.15, -0.1) is 0 Å². The van der Waals surface area contributed by atoms with Gasteiger partial charge in [0.1, 0.15) is 34.5 Å². The van der Waals surface area contributed by atoms with Crippen molar-refractivity contribution in [2.45, 2.75) is 73.5 Å². The van der Waals surface area contributed by atoms with Crippen LogP contribution >= 0.6 is 23.2 Å². The second kappa shape index (κ2) is 29.3. The number of carbonyl (C=O) groups excluding carboxylic acids is 8. The zero-order valence-corrected chi connectivity index (χ0v) is 60.0. The van der Waals surface area contributed by atoms with Crippen LogP contribution in [0.25, 0.3) is 65.3 Å². The topological polar surface area (TPSA) is 288 Å². The van der Waals surface area contributed by atoms with Crippen LogP contribution < -0.4 is 28.4 Å². The number of rotatable bonds is 7. The quantitative estimate of drug-likeness (QED) is 0.0387. The van der Waals surface area contributed by atoms with Crippen LogP contribution in [0.1, 0.15) is 114 Å². The van der Waals surface area contributed by atoms with E-state index in [0.717, 1.165) is 72.3 Å². The molecule has 2 unspecified atom stereocenters. The molecule has 4 aliphatic rings. The Morgan fingerprint density at radius 2 is 0.645 bits per heavy atom. The molecule has 0 saturated carbocycles. The van der Waals surface area contributed by atoms with Crippen molar-refractivity contribution in [3.8, 4) is 68.2 Å². The first-order valence-electron chi connectivity index (χ1n) is 32.9. The lowest BCUT2D eigenvalue weighted by molar-refractivity contribution is -0.137. The molecule has 0 saturated heterocycles. The Hall–Kier alpha value is -13.0. The Balaban J connectivity index is 0.000000172. The molecule has 2 spiro atoms. The highest BCUT2D eigenvalue weighted by molar-refractivity contribution is 6.33. The van der Waals surface area contributed by atoms with Crippen molar-refractivity contribution >= 4 is 120 Å². The number of aryl methyl sites for hydroxylation is 2. The number of carboxylic acids is 1. The standard InChI is InChI=1S/2C39H25ClO7.C5H6O3.C2H4O2.H2O/c2*1-20-23-10-4-6-12-25(23)37(26-13-7-5-11-24(20)26)28-16-30-34(18-33(28)44-21(2)41)46-35-19-36(45-22(3)42)32(40)17-31(35)39(30)29-15-9-8-14-27(29)38(43)47-39;1-4(3-6)8-5(2)7;1-2(3)4;/h2*4-19H,1-3H3;1-2H3;1H3,(H,3,4);1H2. The van der Waals surface area contributed by atoms with Crippen molar-refractivity contribution < 1.29 is 96.4 Å². The van der Waals surface area contributed by atoms with E-state index in [9.17, 15) is 38.4 Å². The number of carbonyl (C=O) groups is 8. The Kier molecular flexibility index (Phi) is 20.2. The van der Waals surface area contributed by atoms with E-state index in [4.69, 9.17) is 71.0 Å². The minimum absolute atomic E-state index is 0. The maximum atomic E-state index is 13.6. The third-order valence-corrected chi connectivity index (χ3v) is 18.7. The summed E-state index contributed by atoms with van der Waals surface area (Å²) in [5, 5.41) is 15.7. The zero-order valence-electron chi connectivity index (χ0n) is 58.5. The van der Waals surface area contributed by atoms with Crippen LogP contribution in [0.5, 0.6) is 46.0 Å². The lowest BCUT2D eigenvalue weighted by Crippen LogP contribution is -2.33. The van der Waals surface area contributed by atoms with Crippen molar-refractivity contribution in [2.24, 2.45) is 0 Å². The van der Waals surface area contributed by atoms with Gasteiger partial charge in [-0.2, -0.15) is 0 Å². The highest BCUT2D eigenvalue weighted by atomic mass is 35.5. The molecule has 0 aliphatic carbocycles. The predicted octanol–water partition coefficient (Wildman–Crippen LogP) is 17.6. The number of aliphatic carboxylic acids is 1. The molecule has 2 atom stereocenters. The summed E-state index contributed by atoms with van der Waals surface area (Å²) in [6.07, 6.45) is 0.